The Morgan fingerprint density at radius 2 is 2.44 bits per heavy atom. The lowest BCUT2D eigenvalue weighted by Crippen LogP contribution is -2.36. The molecule has 2 heterocycles. The van der Waals surface area contributed by atoms with E-state index in [0.29, 0.717) is 19.5 Å². The van der Waals surface area contributed by atoms with Crippen molar-refractivity contribution >= 4 is 21.9 Å². The number of halogens is 1. The van der Waals surface area contributed by atoms with Gasteiger partial charge in [0.2, 0.25) is 0 Å². The number of nitrogens with zero attached hydrogens (tertiary/aromatic N) is 2. The summed E-state index contributed by atoms with van der Waals surface area (Å²) in [5, 5.41) is 9.66. The molecule has 1 fully saturated rings. The Bertz CT molecular complexity index is 424. The number of hydrogen-bond acceptors (Lipinski definition) is 5. The molecule has 5 nitrogen and oxygen atoms in total. The van der Waals surface area contributed by atoms with E-state index < -0.39 is 6.10 Å². The summed E-state index contributed by atoms with van der Waals surface area (Å²) in [6.07, 6.45) is 1.66. The zero-order chi connectivity index (χ0) is 13.1. The summed E-state index contributed by atoms with van der Waals surface area (Å²) in [5.74, 6) is -0.302. The van der Waals surface area contributed by atoms with E-state index in [4.69, 9.17) is 4.74 Å². The van der Waals surface area contributed by atoms with Crippen molar-refractivity contribution in [3.8, 4) is 0 Å². The highest BCUT2D eigenvalue weighted by Crippen LogP contribution is 2.21. The van der Waals surface area contributed by atoms with Gasteiger partial charge >= 0.3 is 5.97 Å². The van der Waals surface area contributed by atoms with Gasteiger partial charge in [-0.3, -0.25) is 14.7 Å². The van der Waals surface area contributed by atoms with E-state index in [1.165, 1.54) is 7.11 Å². The van der Waals surface area contributed by atoms with Crippen LogP contribution in [0.5, 0.6) is 0 Å². The maximum Gasteiger partial charge on any atom is 0.323 e. The predicted octanol–water partition coefficient (Wildman–Crippen LogP) is 0.952. The van der Waals surface area contributed by atoms with Gasteiger partial charge in [0.15, 0.2) is 0 Å². The van der Waals surface area contributed by atoms with E-state index >= 15 is 0 Å². The van der Waals surface area contributed by atoms with Crippen LogP contribution in [0.2, 0.25) is 0 Å². The SMILES string of the molecule is COC(=O)C1CC(O)CN1Cc1ccc(Br)cn1. The molecule has 0 radical (unpaired) electrons. The number of rotatable bonds is 3. The van der Waals surface area contributed by atoms with Gasteiger partial charge in [-0.25, -0.2) is 0 Å². The summed E-state index contributed by atoms with van der Waals surface area (Å²) < 4.78 is 5.66. The first kappa shape index (κ1) is 13.5. The minimum atomic E-state index is -0.482. The van der Waals surface area contributed by atoms with Crippen molar-refractivity contribution in [1.82, 2.24) is 9.88 Å². The number of likely N-dealkylation sites (tertiary alicyclic amines) is 1. The molecule has 1 aliphatic heterocycles. The summed E-state index contributed by atoms with van der Waals surface area (Å²) in [6, 6.07) is 3.42. The molecule has 1 N–H and O–H groups in total. The second-order valence-corrected chi connectivity index (χ2v) is 5.24. The number of hydrogen-bond donors (Lipinski definition) is 1. The average Bonchev–Trinajstić information content (AvgIpc) is 2.72. The first-order chi connectivity index (χ1) is 8.60. The molecule has 1 saturated heterocycles. The molecule has 0 saturated carbocycles. The number of carbonyl (C=O) groups is 1. The lowest BCUT2D eigenvalue weighted by molar-refractivity contribution is -0.146. The predicted molar refractivity (Wildman–Crippen MR) is 68.8 cm³/mol. The van der Waals surface area contributed by atoms with Crippen LogP contribution in [0.15, 0.2) is 22.8 Å². The Kier molecular flexibility index (Phi) is 4.31. The Hall–Kier alpha value is -0.980. The second kappa shape index (κ2) is 5.77. The molecule has 1 aromatic rings. The first-order valence-electron chi connectivity index (χ1n) is 5.70. The van der Waals surface area contributed by atoms with Crippen LogP contribution < -0.4 is 0 Å². The zero-order valence-corrected chi connectivity index (χ0v) is 11.6. The molecule has 0 amide bonds. The maximum atomic E-state index is 11.6. The van der Waals surface area contributed by atoms with Gasteiger partial charge in [0.1, 0.15) is 6.04 Å². The highest BCUT2D eigenvalue weighted by molar-refractivity contribution is 9.10. The van der Waals surface area contributed by atoms with Crippen LogP contribution in [-0.2, 0) is 16.1 Å². The fourth-order valence-electron chi connectivity index (χ4n) is 2.14. The van der Waals surface area contributed by atoms with Crippen LogP contribution in [0, 0.1) is 0 Å². The molecule has 2 rings (SSSR count). The van der Waals surface area contributed by atoms with Crippen molar-refractivity contribution in [2.75, 3.05) is 13.7 Å². The number of carbonyl (C=O) groups excluding carboxylic acids is 1. The molecule has 1 aromatic heterocycles. The Labute approximate surface area is 114 Å². The van der Waals surface area contributed by atoms with Crippen molar-refractivity contribution in [3.05, 3.63) is 28.5 Å². The highest BCUT2D eigenvalue weighted by atomic mass is 79.9. The van der Waals surface area contributed by atoms with Gasteiger partial charge in [-0.15, -0.1) is 0 Å². The normalized spacial score (nSPS) is 24.2. The number of aliphatic hydroxyl groups excluding tert-OH is 1. The van der Waals surface area contributed by atoms with Crippen molar-refractivity contribution in [3.63, 3.8) is 0 Å². The minimum absolute atomic E-state index is 0.302. The topological polar surface area (TPSA) is 62.7 Å². The van der Waals surface area contributed by atoms with Gasteiger partial charge in [0.05, 0.1) is 18.9 Å². The van der Waals surface area contributed by atoms with Crippen molar-refractivity contribution < 1.29 is 14.6 Å². The van der Waals surface area contributed by atoms with Crippen LogP contribution in [0.25, 0.3) is 0 Å². The van der Waals surface area contributed by atoms with Crippen LogP contribution in [0.1, 0.15) is 12.1 Å². The van der Waals surface area contributed by atoms with E-state index in [-0.39, 0.29) is 12.0 Å². The number of ether oxygens (including phenoxy) is 1. The van der Waals surface area contributed by atoms with Crippen LogP contribution in [0.4, 0.5) is 0 Å². The molecule has 6 heteroatoms. The summed E-state index contributed by atoms with van der Waals surface area (Å²) >= 11 is 3.32. The molecule has 18 heavy (non-hydrogen) atoms. The standard InChI is InChI=1S/C12H15BrN2O3/c1-18-12(17)11-4-10(16)7-15(11)6-9-3-2-8(13)5-14-9/h2-3,5,10-11,16H,4,6-7H2,1H3. The summed E-state index contributed by atoms with van der Waals surface area (Å²) in [4.78, 5) is 17.8. The molecular weight excluding hydrogens is 300 g/mol. The highest BCUT2D eigenvalue weighted by Gasteiger charge is 2.36. The maximum absolute atomic E-state index is 11.6. The van der Waals surface area contributed by atoms with Gasteiger partial charge in [-0.1, -0.05) is 0 Å². The van der Waals surface area contributed by atoms with Crippen LogP contribution in [0.3, 0.4) is 0 Å². The van der Waals surface area contributed by atoms with Crippen LogP contribution in [-0.4, -0.2) is 46.8 Å². The third-order valence-corrected chi connectivity index (χ3v) is 3.48. The number of pyridine rings is 1. The van der Waals surface area contributed by atoms with Gasteiger partial charge in [0.25, 0.3) is 0 Å². The number of methoxy groups -OCH3 is 1. The smallest absolute Gasteiger partial charge is 0.323 e. The van der Waals surface area contributed by atoms with E-state index in [2.05, 4.69) is 20.9 Å². The number of aromatic nitrogens is 1. The molecule has 0 spiro atoms. The minimum Gasteiger partial charge on any atom is -0.468 e. The van der Waals surface area contributed by atoms with Gasteiger partial charge in [-0.2, -0.15) is 0 Å². The van der Waals surface area contributed by atoms with E-state index in [1.807, 2.05) is 17.0 Å². The van der Waals surface area contributed by atoms with Crippen molar-refractivity contribution in [2.24, 2.45) is 0 Å². The van der Waals surface area contributed by atoms with Crippen molar-refractivity contribution in [2.45, 2.75) is 25.1 Å². The molecule has 2 unspecified atom stereocenters. The molecule has 0 bridgehead atoms. The van der Waals surface area contributed by atoms with E-state index in [1.54, 1.807) is 6.20 Å². The summed E-state index contributed by atoms with van der Waals surface area (Å²) in [6.45, 7) is 1.00. The van der Waals surface area contributed by atoms with E-state index in [9.17, 15) is 9.90 Å². The Morgan fingerprint density at radius 3 is 3.06 bits per heavy atom. The Morgan fingerprint density at radius 1 is 1.67 bits per heavy atom. The number of β-amino-alcohol motifs (C(OH)–C–C–N with tert-alkyl or cyclic N) is 1. The molecule has 2 atom stereocenters. The summed E-state index contributed by atoms with van der Waals surface area (Å²) in [7, 11) is 1.36. The number of aliphatic hydroxyl groups is 1. The third-order valence-electron chi connectivity index (χ3n) is 3.01. The quantitative estimate of drug-likeness (QED) is 0.842. The Balaban J connectivity index is 2.07. The van der Waals surface area contributed by atoms with Gasteiger partial charge < -0.3 is 9.84 Å². The molecule has 1 aliphatic rings. The monoisotopic (exact) mass is 314 g/mol. The molecule has 0 aromatic carbocycles. The summed E-state index contributed by atoms with van der Waals surface area (Å²) in [5.41, 5.74) is 0.862. The lowest BCUT2D eigenvalue weighted by atomic mass is 10.2. The number of esters is 1. The van der Waals surface area contributed by atoms with E-state index in [0.717, 1.165) is 10.2 Å². The largest absolute Gasteiger partial charge is 0.468 e. The van der Waals surface area contributed by atoms with Gasteiger partial charge in [0, 0.05) is 30.2 Å². The average molecular weight is 315 g/mol. The fourth-order valence-corrected chi connectivity index (χ4v) is 2.38. The zero-order valence-electron chi connectivity index (χ0n) is 10.0. The van der Waals surface area contributed by atoms with Gasteiger partial charge in [-0.05, 0) is 28.1 Å². The fraction of sp³-hybridized carbons (Fsp3) is 0.500. The molecule has 0 aliphatic carbocycles. The lowest BCUT2D eigenvalue weighted by Gasteiger charge is -2.21. The molecular formula is C12H15BrN2O3. The molecule has 98 valence electrons. The van der Waals surface area contributed by atoms with Crippen LogP contribution >= 0.6 is 15.9 Å². The third kappa shape index (κ3) is 3.07. The second-order valence-electron chi connectivity index (χ2n) is 4.33. The van der Waals surface area contributed by atoms with Crippen molar-refractivity contribution in [1.29, 1.82) is 0 Å². The first-order valence-corrected chi connectivity index (χ1v) is 6.50.